The molecule has 0 bridgehead atoms. The van der Waals surface area contributed by atoms with Crippen molar-refractivity contribution in [1.82, 2.24) is 0 Å². The molecule has 1 heterocycles. The second-order valence-corrected chi connectivity index (χ2v) is 7.47. The van der Waals surface area contributed by atoms with Gasteiger partial charge in [0.1, 0.15) is 0 Å². The van der Waals surface area contributed by atoms with E-state index < -0.39 is 0 Å². The standard InChI is InChI=1S/C19H17BrClN/c1-11-9-12(21)10-16-13-6-4-7-14(13)19(22-18(11)16)15-5-2-3-8-17(15)20/h2-6,8-10,13-14,19,22H,7H2,1H3/t13-,14+,19-/m0/s1. The summed E-state index contributed by atoms with van der Waals surface area (Å²) in [5, 5.41) is 4.62. The maximum atomic E-state index is 6.29. The number of anilines is 1. The molecule has 112 valence electrons. The first kappa shape index (κ1) is 14.3. The molecule has 2 aromatic carbocycles. The van der Waals surface area contributed by atoms with E-state index in [0.717, 1.165) is 11.4 Å². The second-order valence-electron chi connectivity index (χ2n) is 6.18. The van der Waals surface area contributed by atoms with Gasteiger partial charge in [0.15, 0.2) is 0 Å². The lowest BCUT2D eigenvalue weighted by atomic mass is 9.76. The van der Waals surface area contributed by atoms with Crippen LogP contribution in [0, 0.1) is 12.8 Å². The molecule has 3 heteroatoms. The number of rotatable bonds is 1. The highest BCUT2D eigenvalue weighted by Crippen LogP contribution is 2.52. The molecule has 1 N–H and O–H groups in total. The zero-order valence-electron chi connectivity index (χ0n) is 12.3. The first-order valence-electron chi connectivity index (χ1n) is 7.63. The number of allylic oxidation sites excluding steroid dienone is 2. The van der Waals surface area contributed by atoms with Crippen molar-refractivity contribution < 1.29 is 0 Å². The third-order valence-electron chi connectivity index (χ3n) is 4.87. The SMILES string of the molecule is Cc1cc(Cl)cc2c1N[C@H](c1ccccc1Br)[C@@H]1CC=C[C@H]21. The lowest BCUT2D eigenvalue weighted by Gasteiger charge is -2.38. The van der Waals surface area contributed by atoms with E-state index in [2.05, 4.69) is 70.7 Å². The van der Waals surface area contributed by atoms with Gasteiger partial charge >= 0.3 is 0 Å². The average molecular weight is 375 g/mol. The van der Waals surface area contributed by atoms with E-state index in [1.807, 2.05) is 6.07 Å². The zero-order valence-corrected chi connectivity index (χ0v) is 14.7. The van der Waals surface area contributed by atoms with Crippen LogP contribution in [0.4, 0.5) is 5.69 Å². The molecular weight excluding hydrogens is 358 g/mol. The highest BCUT2D eigenvalue weighted by molar-refractivity contribution is 9.10. The molecule has 0 saturated carbocycles. The van der Waals surface area contributed by atoms with Crippen molar-refractivity contribution in [3.8, 4) is 0 Å². The molecule has 1 aliphatic carbocycles. The van der Waals surface area contributed by atoms with Crippen LogP contribution in [0.5, 0.6) is 0 Å². The fourth-order valence-corrected chi connectivity index (χ4v) is 4.69. The molecule has 2 aliphatic rings. The van der Waals surface area contributed by atoms with Gasteiger partial charge in [-0.25, -0.2) is 0 Å². The lowest BCUT2D eigenvalue weighted by Crippen LogP contribution is -2.29. The van der Waals surface area contributed by atoms with Gasteiger partial charge in [-0.15, -0.1) is 0 Å². The fraction of sp³-hybridized carbons (Fsp3) is 0.263. The molecule has 0 radical (unpaired) electrons. The minimum atomic E-state index is 0.322. The highest BCUT2D eigenvalue weighted by atomic mass is 79.9. The zero-order chi connectivity index (χ0) is 15.3. The molecule has 2 aromatic rings. The summed E-state index contributed by atoms with van der Waals surface area (Å²) in [7, 11) is 0. The maximum Gasteiger partial charge on any atom is 0.0565 e. The summed E-state index contributed by atoms with van der Waals surface area (Å²) >= 11 is 10.0. The third kappa shape index (κ3) is 2.21. The van der Waals surface area contributed by atoms with E-state index in [-0.39, 0.29) is 0 Å². The van der Waals surface area contributed by atoms with Crippen LogP contribution in [0.1, 0.15) is 35.1 Å². The van der Waals surface area contributed by atoms with Gasteiger partial charge in [0.05, 0.1) is 6.04 Å². The molecular formula is C19H17BrClN. The summed E-state index contributed by atoms with van der Waals surface area (Å²) in [5.41, 5.74) is 5.14. The Hall–Kier alpha value is -1.25. The van der Waals surface area contributed by atoms with E-state index in [9.17, 15) is 0 Å². The smallest absolute Gasteiger partial charge is 0.0565 e. The van der Waals surface area contributed by atoms with Crippen molar-refractivity contribution >= 4 is 33.2 Å². The van der Waals surface area contributed by atoms with Crippen LogP contribution in [0.3, 0.4) is 0 Å². The van der Waals surface area contributed by atoms with Crippen LogP contribution < -0.4 is 5.32 Å². The van der Waals surface area contributed by atoms with Crippen molar-refractivity contribution in [3.05, 3.63) is 74.7 Å². The molecule has 22 heavy (non-hydrogen) atoms. The lowest BCUT2D eigenvalue weighted by molar-refractivity contribution is 0.424. The van der Waals surface area contributed by atoms with E-state index in [1.54, 1.807) is 0 Å². The first-order chi connectivity index (χ1) is 10.6. The topological polar surface area (TPSA) is 12.0 Å². The molecule has 0 aromatic heterocycles. The average Bonchev–Trinajstić information content (AvgIpc) is 2.97. The molecule has 1 nitrogen and oxygen atoms in total. The van der Waals surface area contributed by atoms with Crippen molar-refractivity contribution in [2.75, 3.05) is 5.32 Å². The van der Waals surface area contributed by atoms with Crippen molar-refractivity contribution in [2.45, 2.75) is 25.3 Å². The number of hydrogen-bond donors (Lipinski definition) is 1. The Balaban J connectivity index is 1.86. The molecule has 4 rings (SSSR count). The minimum absolute atomic E-state index is 0.322. The Kier molecular flexibility index (Phi) is 3.54. The predicted molar refractivity (Wildman–Crippen MR) is 96.7 cm³/mol. The van der Waals surface area contributed by atoms with Gasteiger partial charge in [-0.3, -0.25) is 0 Å². The Morgan fingerprint density at radius 2 is 2.00 bits per heavy atom. The van der Waals surface area contributed by atoms with Crippen LogP contribution in [0.2, 0.25) is 5.02 Å². The van der Waals surface area contributed by atoms with Gasteiger partial charge in [0.25, 0.3) is 0 Å². The summed E-state index contributed by atoms with van der Waals surface area (Å²) in [5.74, 6) is 0.995. The number of hydrogen-bond acceptors (Lipinski definition) is 1. The van der Waals surface area contributed by atoms with Gasteiger partial charge in [0.2, 0.25) is 0 Å². The minimum Gasteiger partial charge on any atom is -0.377 e. The van der Waals surface area contributed by atoms with Crippen molar-refractivity contribution in [2.24, 2.45) is 5.92 Å². The van der Waals surface area contributed by atoms with Gasteiger partial charge in [-0.1, -0.05) is 57.9 Å². The number of benzene rings is 2. The largest absolute Gasteiger partial charge is 0.377 e. The van der Waals surface area contributed by atoms with E-state index in [0.29, 0.717) is 17.9 Å². The molecule has 1 aliphatic heterocycles. The van der Waals surface area contributed by atoms with Crippen LogP contribution in [-0.2, 0) is 0 Å². The van der Waals surface area contributed by atoms with Crippen molar-refractivity contribution in [3.63, 3.8) is 0 Å². The van der Waals surface area contributed by atoms with Crippen LogP contribution in [0.25, 0.3) is 0 Å². The van der Waals surface area contributed by atoms with Crippen LogP contribution >= 0.6 is 27.5 Å². The molecule has 0 unspecified atom stereocenters. The summed E-state index contributed by atoms with van der Waals surface area (Å²) < 4.78 is 1.17. The molecule has 0 saturated heterocycles. The normalized spacial score (nSPS) is 25.5. The summed E-state index contributed by atoms with van der Waals surface area (Å²) in [6.07, 6.45) is 5.77. The number of fused-ring (bicyclic) bond motifs is 3. The fourth-order valence-electron chi connectivity index (χ4n) is 3.88. The monoisotopic (exact) mass is 373 g/mol. The number of aryl methyl sites for hydroxylation is 1. The Labute approximate surface area is 144 Å². The Bertz CT molecular complexity index is 768. The van der Waals surface area contributed by atoms with E-state index >= 15 is 0 Å². The van der Waals surface area contributed by atoms with Gasteiger partial charge in [-0.2, -0.15) is 0 Å². The van der Waals surface area contributed by atoms with Gasteiger partial charge in [-0.05, 0) is 54.2 Å². The number of halogens is 2. The van der Waals surface area contributed by atoms with Crippen LogP contribution in [0.15, 0.2) is 53.0 Å². The Morgan fingerprint density at radius 1 is 1.18 bits per heavy atom. The maximum absolute atomic E-state index is 6.29. The van der Waals surface area contributed by atoms with E-state index in [4.69, 9.17) is 11.6 Å². The van der Waals surface area contributed by atoms with Crippen molar-refractivity contribution in [1.29, 1.82) is 0 Å². The molecule has 3 atom stereocenters. The van der Waals surface area contributed by atoms with Gasteiger partial charge < -0.3 is 5.32 Å². The molecule has 0 amide bonds. The summed E-state index contributed by atoms with van der Waals surface area (Å²) in [6.45, 7) is 2.13. The Morgan fingerprint density at radius 3 is 2.82 bits per heavy atom. The predicted octanol–water partition coefficient (Wildman–Crippen LogP) is 6.24. The van der Waals surface area contributed by atoms with E-state index in [1.165, 1.54) is 26.9 Å². The van der Waals surface area contributed by atoms with Gasteiger partial charge in [0, 0.05) is 21.1 Å². The molecule has 0 fully saturated rings. The number of nitrogens with one attached hydrogen (secondary N) is 1. The van der Waals surface area contributed by atoms with Crippen LogP contribution in [-0.4, -0.2) is 0 Å². The third-order valence-corrected chi connectivity index (χ3v) is 5.81. The second kappa shape index (κ2) is 5.43. The first-order valence-corrected chi connectivity index (χ1v) is 8.80. The summed E-state index contributed by atoms with van der Waals surface area (Å²) in [6, 6.07) is 13.0. The molecule has 0 spiro atoms. The highest BCUT2D eigenvalue weighted by Gasteiger charge is 2.39. The quantitative estimate of drug-likeness (QED) is 0.583. The summed E-state index contributed by atoms with van der Waals surface area (Å²) in [4.78, 5) is 0.